The van der Waals surface area contributed by atoms with Crippen LogP contribution >= 0.6 is 0 Å². The van der Waals surface area contributed by atoms with Gasteiger partial charge in [-0.3, -0.25) is 9.59 Å². The van der Waals surface area contributed by atoms with Crippen LogP contribution in [0, 0.1) is 19.8 Å². The number of hydrogen-bond donors (Lipinski definition) is 0. The molecule has 6 nitrogen and oxygen atoms in total. The fourth-order valence-electron chi connectivity index (χ4n) is 4.37. The van der Waals surface area contributed by atoms with Crippen LogP contribution in [0.4, 0.5) is 11.4 Å². The van der Waals surface area contributed by atoms with E-state index in [-0.39, 0.29) is 24.2 Å². The van der Waals surface area contributed by atoms with Crippen molar-refractivity contribution in [3.8, 4) is 5.75 Å². The van der Waals surface area contributed by atoms with Gasteiger partial charge in [-0.25, -0.2) is 0 Å². The van der Waals surface area contributed by atoms with Crippen LogP contribution in [0.5, 0.6) is 5.75 Å². The molecule has 0 aliphatic carbocycles. The van der Waals surface area contributed by atoms with Gasteiger partial charge in [-0.05, 0) is 55.3 Å². The Morgan fingerprint density at radius 3 is 2.37 bits per heavy atom. The molecule has 1 atom stereocenters. The van der Waals surface area contributed by atoms with E-state index in [0.29, 0.717) is 19.6 Å². The van der Waals surface area contributed by atoms with Gasteiger partial charge in [-0.1, -0.05) is 12.1 Å². The molecule has 0 spiro atoms. The lowest BCUT2D eigenvalue weighted by molar-refractivity contribution is -0.136. The van der Waals surface area contributed by atoms with Crippen molar-refractivity contribution < 1.29 is 14.3 Å². The Hall–Kier alpha value is -3.02. The highest BCUT2D eigenvalue weighted by molar-refractivity contribution is 6.00. The van der Waals surface area contributed by atoms with Crippen LogP contribution in [0.3, 0.4) is 0 Å². The number of nitrogens with zero attached hydrogens (tertiary/aromatic N) is 3. The SMILES string of the molecule is COc1ccc(N2C[C@H](C(=O)N3CCN(c4cc(C)ccc4C)CC3)CC2=O)cc1. The minimum Gasteiger partial charge on any atom is -0.497 e. The first-order valence-electron chi connectivity index (χ1n) is 10.5. The predicted molar refractivity (Wildman–Crippen MR) is 118 cm³/mol. The van der Waals surface area contributed by atoms with Crippen molar-refractivity contribution in [3.05, 3.63) is 53.6 Å². The second-order valence-corrected chi connectivity index (χ2v) is 8.21. The molecule has 0 unspecified atom stereocenters. The number of amides is 2. The fraction of sp³-hybridized carbons (Fsp3) is 0.417. The highest BCUT2D eigenvalue weighted by Gasteiger charge is 2.38. The molecule has 6 heteroatoms. The third-order valence-corrected chi connectivity index (χ3v) is 6.16. The number of rotatable bonds is 4. The summed E-state index contributed by atoms with van der Waals surface area (Å²) in [5.41, 5.74) is 4.58. The summed E-state index contributed by atoms with van der Waals surface area (Å²) in [5.74, 6) is 0.583. The van der Waals surface area contributed by atoms with Gasteiger partial charge in [-0.2, -0.15) is 0 Å². The van der Waals surface area contributed by atoms with Gasteiger partial charge in [-0.15, -0.1) is 0 Å². The number of benzene rings is 2. The summed E-state index contributed by atoms with van der Waals surface area (Å²) >= 11 is 0. The molecule has 2 saturated heterocycles. The molecule has 0 radical (unpaired) electrons. The molecule has 2 aromatic rings. The van der Waals surface area contributed by atoms with Crippen LogP contribution in [-0.2, 0) is 9.59 Å². The molecule has 158 valence electrons. The van der Waals surface area contributed by atoms with E-state index < -0.39 is 0 Å². The van der Waals surface area contributed by atoms with Gasteiger partial charge in [0.15, 0.2) is 0 Å². The van der Waals surface area contributed by atoms with E-state index in [9.17, 15) is 9.59 Å². The van der Waals surface area contributed by atoms with Crippen molar-refractivity contribution in [2.75, 3.05) is 49.6 Å². The minimum absolute atomic E-state index is 0.00698. The van der Waals surface area contributed by atoms with E-state index in [1.807, 2.05) is 29.2 Å². The smallest absolute Gasteiger partial charge is 0.228 e. The van der Waals surface area contributed by atoms with Crippen molar-refractivity contribution in [1.29, 1.82) is 0 Å². The van der Waals surface area contributed by atoms with Gasteiger partial charge in [0.05, 0.1) is 13.0 Å². The number of piperazine rings is 1. The summed E-state index contributed by atoms with van der Waals surface area (Å²) in [6.07, 6.45) is 0.280. The van der Waals surface area contributed by atoms with Crippen LogP contribution in [0.1, 0.15) is 17.5 Å². The van der Waals surface area contributed by atoms with E-state index >= 15 is 0 Å². The predicted octanol–water partition coefficient (Wildman–Crippen LogP) is 3.01. The highest BCUT2D eigenvalue weighted by atomic mass is 16.5. The van der Waals surface area contributed by atoms with Crippen molar-refractivity contribution in [2.24, 2.45) is 5.92 Å². The van der Waals surface area contributed by atoms with Gasteiger partial charge in [0.1, 0.15) is 5.75 Å². The summed E-state index contributed by atoms with van der Waals surface area (Å²) in [6, 6.07) is 13.9. The molecule has 4 rings (SSSR count). The molecule has 2 fully saturated rings. The topological polar surface area (TPSA) is 53.1 Å². The lowest BCUT2D eigenvalue weighted by Crippen LogP contribution is -2.50. The molecular weight excluding hydrogens is 378 g/mol. The van der Waals surface area contributed by atoms with Crippen LogP contribution in [-0.4, -0.2) is 56.5 Å². The maximum Gasteiger partial charge on any atom is 0.228 e. The number of anilines is 2. The van der Waals surface area contributed by atoms with Crippen molar-refractivity contribution >= 4 is 23.2 Å². The van der Waals surface area contributed by atoms with Gasteiger partial charge < -0.3 is 19.4 Å². The molecular formula is C24H29N3O3. The molecule has 2 aliphatic rings. The number of hydrogen-bond acceptors (Lipinski definition) is 4. The summed E-state index contributed by atoms with van der Waals surface area (Å²) < 4.78 is 5.18. The third kappa shape index (κ3) is 3.99. The van der Waals surface area contributed by atoms with E-state index in [2.05, 4.69) is 36.9 Å². The Morgan fingerprint density at radius 1 is 1.00 bits per heavy atom. The van der Waals surface area contributed by atoms with E-state index in [0.717, 1.165) is 24.5 Å². The molecule has 30 heavy (non-hydrogen) atoms. The lowest BCUT2D eigenvalue weighted by Gasteiger charge is -2.37. The first kappa shape index (κ1) is 20.3. The standard InChI is InChI=1S/C24H29N3O3/c1-17-4-5-18(2)22(14-17)25-10-12-26(13-11-25)24(29)19-15-23(28)27(16-19)20-6-8-21(30-3)9-7-20/h4-9,14,19H,10-13,15-16H2,1-3H3/t19-/m1/s1. The Morgan fingerprint density at radius 2 is 1.70 bits per heavy atom. The Balaban J connectivity index is 1.37. The quantitative estimate of drug-likeness (QED) is 0.782. The van der Waals surface area contributed by atoms with Crippen LogP contribution in [0.15, 0.2) is 42.5 Å². The van der Waals surface area contributed by atoms with Crippen molar-refractivity contribution in [1.82, 2.24) is 4.90 Å². The maximum absolute atomic E-state index is 13.1. The zero-order valence-electron chi connectivity index (χ0n) is 17.9. The monoisotopic (exact) mass is 407 g/mol. The highest BCUT2D eigenvalue weighted by Crippen LogP contribution is 2.29. The number of methoxy groups -OCH3 is 1. The summed E-state index contributed by atoms with van der Waals surface area (Å²) in [6.45, 7) is 7.70. The molecule has 0 bridgehead atoms. The first-order chi connectivity index (χ1) is 14.5. The second kappa shape index (κ2) is 8.38. The lowest BCUT2D eigenvalue weighted by atomic mass is 10.1. The average molecular weight is 408 g/mol. The van der Waals surface area contributed by atoms with E-state index in [4.69, 9.17) is 4.74 Å². The molecule has 2 aromatic carbocycles. The molecule has 0 aromatic heterocycles. The van der Waals surface area contributed by atoms with Crippen LogP contribution in [0.25, 0.3) is 0 Å². The number of ether oxygens (including phenoxy) is 1. The largest absolute Gasteiger partial charge is 0.497 e. The minimum atomic E-state index is -0.271. The molecule has 2 amide bonds. The zero-order chi connectivity index (χ0) is 21.3. The van der Waals surface area contributed by atoms with E-state index in [1.54, 1.807) is 12.0 Å². The number of aryl methyl sites for hydroxylation is 2. The van der Waals surface area contributed by atoms with Gasteiger partial charge in [0.25, 0.3) is 0 Å². The Labute approximate surface area is 178 Å². The summed E-state index contributed by atoms with van der Waals surface area (Å²) in [5, 5.41) is 0. The van der Waals surface area contributed by atoms with Gasteiger partial charge >= 0.3 is 0 Å². The zero-order valence-corrected chi connectivity index (χ0v) is 17.9. The number of carbonyl (C=O) groups excluding carboxylic acids is 2. The van der Waals surface area contributed by atoms with Crippen molar-refractivity contribution in [3.63, 3.8) is 0 Å². The second-order valence-electron chi connectivity index (χ2n) is 8.21. The molecule has 0 N–H and O–H groups in total. The average Bonchev–Trinajstić information content (AvgIpc) is 3.16. The van der Waals surface area contributed by atoms with Crippen LogP contribution < -0.4 is 14.5 Å². The number of carbonyl (C=O) groups is 2. The van der Waals surface area contributed by atoms with Crippen LogP contribution in [0.2, 0.25) is 0 Å². The molecule has 0 saturated carbocycles. The molecule has 2 aliphatic heterocycles. The van der Waals surface area contributed by atoms with Gasteiger partial charge in [0, 0.05) is 50.5 Å². The maximum atomic E-state index is 13.1. The van der Waals surface area contributed by atoms with E-state index in [1.165, 1.54) is 16.8 Å². The van der Waals surface area contributed by atoms with Crippen molar-refractivity contribution in [2.45, 2.75) is 20.3 Å². The first-order valence-corrected chi connectivity index (χ1v) is 10.5. The summed E-state index contributed by atoms with van der Waals surface area (Å²) in [7, 11) is 1.62. The Kier molecular flexibility index (Phi) is 5.66. The normalized spacial score (nSPS) is 19.4. The van der Waals surface area contributed by atoms with Gasteiger partial charge in [0.2, 0.25) is 11.8 Å². The summed E-state index contributed by atoms with van der Waals surface area (Å²) in [4.78, 5) is 31.6. The third-order valence-electron chi connectivity index (χ3n) is 6.16. The molecule has 2 heterocycles. The fourth-order valence-corrected chi connectivity index (χ4v) is 4.37. The Bertz CT molecular complexity index is 933.